The molecule has 0 atom stereocenters. The molecule has 9 heteroatoms. The molecule has 1 aromatic carbocycles. The third-order valence-corrected chi connectivity index (χ3v) is 5.04. The Labute approximate surface area is 140 Å². The van der Waals surface area contributed by atoms with Crippen LogP contribution in [0.2, 0.25) is 5.02 Å². The third kappa shape index (κ3) is 4.49. The monoisotopic (exact) mass is 360 g/mol. The molecule has 6 nitrogen and oxygen atoms in total. The number of anilines is 1. The maximum absolute atomic E-state index is 12.3. The van der Waals surface area contributed by atoms with Crippen LogP contribution in [0.5, 0.6) is 0 Å². The van der Waals surface area contributed by atoms with E-state index in [9.17, 15) is 19.7 Å². The van der Waals surface area contributed by atoms with Crippen molar-refractivity contribution in [1.82, 2.24) is 0 Å². The van der Waals surface area contributed by atoms with Crippen molar-refractivity contribution in [2.24, 2.45) is 0 Å². The Balaban J connectivity index is 3.20. The Bertz CT molecular complexity index is 655. The number of nitro benzene ring substituents is 1. The van der Waals surface area contributed by atoms with Crippen LogP contribution in [0.25, 0.3) is 0 Å². The molecule has 0 saturated carbocycles. The van der Waals surface area contributed by atoms with Crippen molar-refractivity contribution in [2.75, 3.05) is 17.8 Å². The number of rotatable bonds is 6. The first-order valence-electron chi connectivity index (χ1n) is 5.90. The Kier molecular flexibility index (Phi) is 6.92. The lowest BCUT2D eigenvalue weighted by Gasteiger charge is -2.11. The quantitative estimate of drug-likeness (QED) is 0.273. The van der Waals surface area contributed by atoms with Gasteiger partial charge >= 0.3 is 0 Å². The lowest BCUT2D eigenvalue weighted by atomic mass is 10.2. The fraction of sp³-hybridized carbons (Fsp3) is 0.231. The number of non-ortho nitro benzene ring substituents is 1. The van der Waals surface area contributed by atoms with Gasteiger partial charge in [0.1, 0.15) is 5.57 Å². The van der Waals surface area contributed by atoms with Gasteiger partial charge in [0.15, 0.2) is 5.78 Å². The summed E-state index contributed by atoms with van der Waals surface area (Å²) in [4.78, 5) is 34.2. The largest absolute Gasteiger partial charge is 0.320 e. The molecule has 0 aliphatic heterocycles. The van der Waals surface area contributed by atoms with Crippen LogP contribution in [-0.4, -0.2) is 29.1 Å². The summed E-state index contributed by atoms with van der Waals surface area (Å²) in [5, 5.41) is 13.4. The number of nitrogens with zero attached hydrogens (tertiary/aromatic N) is 1. The van der Waals surface area contributed by atoms with Gasteiger partial charge in [-0.1, -0.05) is 11.6 Å². The number of halogens is 1. The maximum atomic E-state index is 12.3. The topological polar surface area (TPSA) is 89.3 Å². The summed E-state index contributed by atoms with van der Waals surface area (Å²) >= 11 is 8.48. The first-order valence-corrected chi connectivity index (χ1v) is 8.73. The van der Waals surface area contributed by atoms with Crippen LogP contribution in [0, 0.1) is 10.1 Å². The van der Waals surface area contributed by atoms with Gasteiger partial charge in [0.05, 0.1) is 19.9 Å². The standard InChI is InChI=1S/C13H13ClN2O4S2/c1-7(17)11(13(21-2)22-3)12(18)15-10-6-8(16(19)20)4-5-9(10)14/h4-6H,1-3H3,(H,15,18). The van der Waals surface area contributed by atoms with Gasteiger partial charge in [-0.3, -0.25) is 19.7 Å². The number of hydrogen-bond acceptors (Lipinski definition) is 6. The van der Waals surface area contributed by atoms with Crippen molar-refractivity contribution in [2.45, 2.75) is 6.92 Å². The fourth-order valence-electron chi connectivity index (χ4n) is 1.59. The highest BCUT2D eigenvalue weighted by Gasteiger charge is 2.21. The van der Waals surface area contributed by atoms with E-state index in [1.54, 1.807) is 12.5 Å². The van der Waals surface area contributed by atoms with E-state index in [2.05, 4.69) is 5.32 Å². The SMILES string of the molecule is CSC(SC)=C(C(C)=O)C(=O)Nc1cc([N+](=O)[O-])ccc1Cl. The minimum atomic E-state index is -0.645. The lowest BCUT2D eigenvalue weighted by Crippen LogP contribution is -2.20. The first-order chi connectivity index (χ1) is 10.3. The Morgan fingerprint density at radius 1 is 1.27 bits per heavy atom. The number of Topliss-reactive ketones (excluding diaryl/α,β-unsaturated/α-hetero) is 1. The second-order valence-corrected chi connectivity index (χ2v) is 6.30. The summed E-state index contributed by atoms with van der Waals surface area (Å²) < 4.78 is 0.562. The summed E-state index contributed by atoms with van der Waals surface area (Å²) in [6, 6.07) is 3.70. The van der Waals surface area contributed by atoms with Crippen molar-refractivity contribution in [3.05, 3.63) is 43.1 Å². The number of thioether (sulfide) groups is 2. The van der Waals surface area contributed by atoms with Gasteiger partial charge in [-0.25, -0.2) is 0 Å². The molecule has 1 amide bonds. The number of hydrogen-bond donors (Lipinski definition) is 1. The number of amides is 1. The number of nitrogens with one attached hydrogen (secondary N) is 1. The summed E-state index contributed by atoms with van der Waals surface area (Å²) in [6.07, 6.45) is 3.50. The smallest absolute Gasteiger partial charge is 0.271 e. The molecule has 118 valence electrons. The van der Waals surface area contributed by atoms with Crippen molar-refractivity contribution < 1.29 is 14.5 Å². The molecule has 0 spiro atoms. The molecule has 0 aliphatic rings. The number of nitro groups is 1. The van der Waals surface area contributed by atoms with Gasteiger partial charge in [-0.2, -0.15) is 0 Å². The molecular formula is C13H13ClN2O4S2. The van der Waals surface area contributed by atoms with Gasteiger partial charge in [-0.15, -0.1) is 23.5 Å². The van der Waals surface area contributed by atoms with Gasteiger partial charge in [0.2, 0.25) is 0 Å². The fourth-order valence-corrected chi connectivity index (χ4v) is 3.30. The molecule has 0 aromatic heterocycles. The molecule has 22 heavy (non-hydrogen) atoms. The Morgan fingerprint density at radius 2 is 1.86 bits per heavy atom. The summed E-state index contributed by atoms with van der Waals surface area (Å²) in [5.74, 6) is -1.04. The number of carbonyl (C=O) groups is 2. The maximum Gasteiger partial charge on any atom is 0.271 e. The molecule has 1 N–H and O–H groups in total. The molecule has 0 unspecified atom stereocenters. The van der Waals surface area contributed by atoms with Gasteiger partial charge in [0.25, 0.3) is 11.6 Å². The zero-order valence-electron chi connectivity index (χ0n) is 12.0. The van der Waals surface area contributed by atoms with E-state index >= 15 is 0 Å². The van der Waals surface area contributed by atoms with E-state index in [1.807, 2.05) is 0 Å². The van der Waals surface area contributed by atoms with Crippen LogP contribution < -0.4 is 5.32 Å². The van der Waals surface area contributed by atoms with E-state index in [-0.39, 0.29) is 22.0 Å². The van der Waals surface area contributed by atoms with Crippen LogP contribution in [-0.2, 0) is 9.59 Å². The third-order valence-electron chi connectivity index (χ3n) is 2.56. The van der Waals surface area contributed by atoms with E-state index < -0.39 is 16.6 Å². The number of ketones is 1. The molecule has 1 aromatic rings. The zero-order chi connectivity index (χ0) is 16.9. The molecular weight excluding hydrogens is 348 g/mol. The second-order valence-electron chi connectivity index (χ2n) is 4.00. The average molecular weight is 361 g/mol. The highest BCUT2D eigenvalue weighted by Crippen LogP contribution is 2.31. The van der Waals surface area contributed by atoms with Crippen LogP contribution >= 0.6 is 35.1 Å². The molecule has 0 fully saturated rings. The summed E-state index contributed by atoms with van der Waals surface area (Å²) in [5.41, 5.74) is -0.119. The normalized spacial score (nSPS) is 10.0. The number of benzene rings is 1. The summed E-state index contributed by atoms with van der Waals surface area (Å²) in [7, 11) is 0. The minimum absolute atomic E-state index is 0.00238. The number of carbonyl (C=O) groups excluding carboxylic acids is 2. The highest BCUT2D eigenvalue weighted by atomic mass is 35.5. The van der Waals surface area contributed by atoms with Crippen LogP contribution in [0.4, 0.5) is 11.4 Å². The summed E-state index contributed by atoms with van der Waals surface area (Å²) in [6.45, 7) is 1.29. The van der Waals surface area contributed by atoms with E-state index in [0.29, 0.717) is 4.24 Å². The molecule has 0 radical (unpaired) electrons. The van der Waals surface area contributed by atoms with Crippen LogP contribution in [0.3, 0.4) is 0 Å². The zero-order valence-corrected chi connectivity index (χ0v) is 14.4. The molecule has 0 bridgehead atoms. The minimum Gasteiger partial charge on any atom is -0.320 e. The molecule has 0 saturated heterocycles. The van der Waals surface area contributed by atoms with Gasteiger partial charge in [-0.05, 0) is 25.5 Å². The second kappa shape index (κ2) is 8.21. The van der Waals surface area contributed by atoms with Crippen molar-refractivity contribution in [1.29, 1.82) is 0 Å². The predicted molar refractivity (Wildman–Crippen MR) is 91.5 cm³/mol. The van der Waals surface area contributed by atoms with Crippen LogP contribution in [0.1, 0.15) is 6.92 Å². The van der Waals surface area contributed by atoms with E-state index in [0.717, 1.165) is 6.07 Å². The Morgan fingerprint density at radius 3 is 2.32 bits per heavy atom. The highest BCUT2D eigenvalue weighted by molar-refractivity contribution is 8.21. The molecule has 0 heterocycles. The van der Waals surface area contributed by atoms with Crippen molar-refractivity contribution >= 4 is 58.2 Å². The van der Waals surface area contributed by atoms with Crippen molar-refractivity contribution in [3.63, 3.8) is 0 Å². The van der Waals surface area contributed by atoms with Crippen molar-refractivity contribution in [3.8, 4) is 0 Å². The van der Waals surface area contributed by atoms with E-state index in [4.69, 9.17) is 11.6 Å². The lowest BCUT2D eigenvalue weighted by molar-refractivity contribution is -0.384. The average Bonchev–Trinajstić information content (AvgIpc) is 2.45. The van der Waals surface area contributed by atoms with Crippen LogP contribution in [0.15, 0.2) is 28.0 Å². The molecule has 0 aliphatic carbocycles. The first kappa shape index (κ1) is 18.5. The van der Waals surface area contributed by atoms with E-state index in [1.165, 1.54) is 42.6 Å². The molecule has 1 rings (SSSR count). The Hall–Kier alpha value is -1.51. The van der Waals surface area contributed by atoms with Gasteiger partial charge < -0.3 is 5.32 Å². The predicted octanol–water partition coefficient (Wildman–Crippen LogP) is 3.71. The van der Waals surface area contributed by atoms with Gasteiger partial charge in [0, 0.05) is 12.1 Å².